The van der Waals surface area contributed by atoms with Crippen molar-refractivity contribution in [1.29, 1.82) is 0 Å². The molecule has 4 N–H and O–H groups in total. The molecule has 0 aliphatic rings. The van der Waals surface area contributed by atoms with E-state index in [2.05, 4.69) is 17.6 Å². The molecule has 1 aromatic rings. The standard InChI is InChI=1S/C29H49N3O6/c1-9-10-11-12-13-14-17-32(26(36)22(19-33)30-27(37)38-29(6,7)8)24(25(35)31-28(3,4)5)21-15-16-23(34)20(2)18-21/h15-16,18,22,24,33-34H,9-14,17,19H2,1-8H3,(H,30,37)(H,31,35). The predicted octanol–water partition coefficient (Wildman–Crippen LogP) is 4.73. The SMILES string of the molecule is CCCCCCCCN(C(=O)C(CO)NC(=O)OC(C)(C)C)C(C(=O)NC(C)(C)C)c1ccc(O)c(C)c1. The number of phenols is 1. The number of hydrogen-bond acceptors (Lipinski definition) is 6. The molecule has 9 heteroatoms. The number of aryl methyl sites for hydroxylation is 1. The Morgan fingerprint density at radius 2 is 1.61 bits per heavy atom. The van der Waals surface area contributed by atoms with Crippen molar-refractivity contribution in [3.05, 3.63) is 29.3 Å². The Kier molecular flexibility index (Phi) is 13.1. The van der Waals surface area contributed by atoms with Gasteiger partial charge in [0.2, 0.25) is 11.8 Å². The van der Waals surface area contributed by atoms with Gasteiger partial charge in [0, 0.05) is 12.1 Å². The first-order valence-corrected chi connectivity index (χ1v) is 13.6. The van der Waals surface area contributed by atoms with E-state index in [1.165, 1.54) is 11.0 Å². The number of nitrogens with zero attached hydrogens (tertiary/aromatic N) is 1. The van der Waals surface area contributed by atoms with E-state index in [9.17, 15) is 24.6 Å². The van der Waals surface area contributed by atoms with Gasteiger partial charge >= 0.3 is 6.09 Å². The van der Waals surface area contributed by atoms with E-state index in [-0.39, 0.29) is 12.3 Å². The molecule has 2 atom stereocenters. The summed E-state index contributed by atoms with van der Waals surface area (Å²) in [7, 11) is 0. The largest absolute Gasteiger partial charge is 0.508 e. The first-order chi connectivity index (χ1) is 17.6. The minimum atomic E-state index is -1.30. The maximum Gasteiger partial charge on any atom is 0.408 e. The molecule has 216 valence electrons. The monoisotopic (exact) mass is 535 g/mol. The van der Waals surface area contributed by atoms with Crippen LogP contribution in [0.2, 0.25) is 0 Å². The molecule has 0 bridgehead atoms. The van der Waals surface area contributed by atoms with Crippen LogP contribution in [0.15, 0.2) is 18.2 Å². The van der Waals surface area contributed by atoms with E-state index in [0.717, 1.165) is 32.1 Å². The molecule has 0 saturated carbocycles. The molecular formula is C29H49N3O6. The second-order valence-corrected chi connectivity index (χ2v) is 11.9. The third kappa shape index (κ3) is 11.7. The molecule has 0 aromatic heterocycles. The average Bonchev–Trinajstić information content (AvgIpc) is 2.78. The zero-order valence-corrected chi connectivity index (χ0v) is 24.5. The van der Waals surface area contributed by atoms with Gasteiger partial charge in [-0.25, -0.2) is 4.79 Å². The van der Waals surface area contributed by atoms with Crippen molar-refractivity contribution in [2.45, 2.75) is 117 Å². The Morgan fingerprint density at radius 3 is 2.13 bits per heavy atom. The molecular weight excluding hydrogens is 486 g/mol. The quantitative estimate of drug-likeness (QED) is 0.270. The van der Waals surface area contributed by atoms with Gasteiger partial charge in [-0.15, -0.1) is 0 Å². The third-order valence-corrected chi connectivity index (χ3v) is 5.80. The lowest BCUT2D eigenvalue weighted by Crippen LogP contribution is -2.55. The summed E-state index contributed by atoms with van der Waals surface area (Å²) in [4.78, 5) is 41.4. The summed E-state index contributed by atoms with van der Waals surface area (Å²) >= 11 is 0. The summed E-state index contributed by atoms with van der Waals surface area (Å²) in [5.74, 6) is -0.903. The lowest BCUT2D eigenvalue weighted by Gasteiger charge is -2.36. The molecule has 38 heavy (non-hydrogen) atoms. The molecule has 0 aliphatic carbocycles. The van der Waals surface area contributed by atoms with E-state index in [1.807, 2.05) is 20.8 Å². The van der Waals surface area contributed by atoms with Crippen LogP contribution in [0, 0.1) is 6.92 Å². The Hall–Kier alpha value is -2.81. The van der Waals surface area contributed by atoms with Crippen LogP contribution in [0.5, 0.6) is 5.75 Å². The number of carbonyl (C=O) groups excluding carboxylic acids is 3. The summed E-state index contributed by atoms with van der Waals surface area (Å²) in [6.07, 6.45) is 5.04. The highest BCUT2D eigenvalue weighted by Gasteiger charge is 2.37. The Balaban J connectivity index is 3.42. The van der Waals surface area contributed by atoms with Crippen LogP contribution in [0.4, 0.5) is 4.79 Å². The zero-order valence-electron chi connectivity index (χ0n) is 24.5. The van der Waals surface area contributed by atoms with Crippen LogP contribution in [0.3, 0.4) is 0 Å². The number of hydrogen-bond donors (Lipinski definition) is 4. The molecule has 1 aromatic carbocycles. The predicted molar refractivity (Wildman–Crippen MR) is 149 cm³/mol. The van der Waals surface area contributed by atoms with Crippen LogP contribution in [0.1, 0.15) is 104 Å². The maximum absolute atomic E-state index is 13.8. The summed E-state index contributed by atoms with van der Waals surface area (Å²) in [5, 5.41) is 25.6. The van der Waals surface area contributed by atoms with E-state index < -0.39 is 47.7 Å². The van der Waals surface area contributed by atoms with Crippen LogP contribution >= 0.6 is 0 Å². The highest BCUT2D eigenvalue weighted by molar-refractivity contribution is 5.92. The van der Waals surface area contributed by atoms with Crippen molar-refractivity contribution in [3.8, 4) is 5.75 Å². The number of unbranched alkanes of at least 4 members (excludes halogenated alkanes) is 5. The number of ether oxygens (including phenoxy) is 1. The lowest BCUT2D eigenvalue weighted by atomic mass is 9.98. The van der Waals surface area contributed by atoms with Crippen molar-refractivity contribution in [2.24, 2.45) is 0 Å². The first kappa shape index (κ1) is 33.2. The molecule has 0 heterocycles. The molecule has 0 spiro atoms. The average molecular weight is 536 g/mol. The molecule has 0 saturated heterocycles. The Labute approximate surface area is 228 Å². The molecule has 9 nitrogen and oxygen atoms in total. The van der Waals surface area contributed by atoms with Gasteiger partial charge in [0.25, 0.3) is 0 Å². The Morgan fingerprint density at radius 1 is 1.00 bits per heavy atom. The van der Waals surface area contributed by atoms with Gasteiger partial charge in [0.15, 0.2) is 0 Å². The number of aliphatic hydroxyl groups excluding tert-OH is 1. The number of aliphatic hydroxyl groups is 1. The van der Waals surface area contributed by atoms with Gasteiger partial charge < -0.3 is 30.5 Å². The van der Waals surface area contributed by atoms with Crippen molar-refractivity contribution in [2.75, 3.05) is 13.2 Å². The minimum Gasteiger partial charge on any atom is -0.508 e. The van der Waals surface area contributed by atoms with Gasteiger partial charge in [0.05, 0.1) is 6.61 Å². The van der Waals surface area contributed by atoms with E-state index in [4.69, 9.17) is 4.74 Å². The summed E-state index contributed by atoms with van der Waals surface area (Å²) in [6, 6.07) is 2.46. The number of phenolic OH excluding ortho intramolecular Hbond substituents is 1. The fraction of sp³-hybridized carbons (Fsp3) is 0.690. The second kappa shape index (κ2) is 15.0. The minimum absolute atomic E-state index is 0.0809. The smallest absolute Gasteiger partial charge is 0.408 e. The van der Waals surface area contributed by atoms with E-state index in [1.54, 1.807) is 39.8 Å². The van der Waals surface area contributed by atoms with Crippen LogP contribution in [-0.2, 0) is 14.3 Å². The number of aromatic hydroxyl groups is 1. The summed E-state index contributed by atoms with van der Waals surface area (Å²) in [6.45, 7) is 14.1. The molecule has 0 radical (unpaired) electrons. The van der Waals surface area contributed by atoms with Crippen molar-refractivity contribution >= 4 is 17.9 Å². The summed E-state index contributed by atoms with van der Waals surface area (Å²) < 4.78 is 5.28. The molecule has 2 unspecified atom stereocenters. The number of alkyl carbamates (subject to hydrolysis) is 1. The second-order valence-electron chi connectivity index (χ2n) is 11.9. The van der Waals surface area contributed by atoms with E-state index >= 15 is 0 Å². The van der Waals surface area contributed by atoms with Crippen molar-refractivity contribution < 1.29 is 29.3 Å². The van der Waals surface area contributed by atoms with Crippen LogP contribution in [-0.4, -0.2) is 63.4 Å². The van der Waals surface area contributed by atoms with Gasteiger partial charge in [-0.2, -0.15) is 0 Å². The normalized spacial score (nSPS) is 13.4. The lowest BCUT2D eigenvalue weighted by molar-refractivity contribution is -0.144. The molecule has 0 aliphatic heterocycles. The summed E-state index contributed by atoms with van der Waals surface area (Å²) in [5.41, 5.74) is -0.269. The fourth-order valence-corrected chi connectivity index (χ4v) is 4.02. The first-order valence-electron chi connectivity index (χ1n) is 13.6. The molecule has 1 rings (SSSR count). The van der Waals surface area contributed by atoms with Gasteiger partial charge in [0.1, 0.15) is 23.4 Å². The topological polar surface area (TPSA) is 128 Å². The molecule has 0 fully saturated rings. The third-order valence-electron chi connectivity index (χ3n) is 5.80. The number of amides is 3. The highest BCUT2D eigenvalue weighted by Crippen LogP contribution is 2.28. The number of nitrogens with one attached hydrogen (secondary N) is 2. The highest BCUT2D eigenvalue weighted by atomic mass is 16.6. The number of benzene rings is 1. The molecule has 3 amide bonds. The van der Waals surface area contributed by atoms with Crippen molar-refractivity contribution in [1.82, 2.24) is 15.5 Å². The fourth-order valence-electron chi connectivity index (χ4n) is 4.02. The van der Waals surface area contributed by atoms with Gasteiger partial charge in [-0.05, 0) is 78.1 Å². The Bertz CT molecular complexity index is 920. The number of carbonyl (C=O) groups is 3. The zero-order chi connectivity index (χ0) is 29.1. The maximum atomic E-state index is 13.8. The van der Waals surface area contributed by atoms with Crippen LogP contribution < -0.4 is 10.6 Å². The van der Waals surface area contributed by atoms with Gasteiger partial charge in [-0.1, -0.05) is 45.1 Å². The van der Waals surface area contributed by atoms with Crippen molar-refractivity contribution in [3.63, 3.8) is 0 Å². The van der Waals surface area contributed by atoms with E-state index in [0.29, 0.717) is 17.5 Å². The van der Waals surface area contributed by atoms with Crippen LogP contribution in [0.25, 0.3) is 0 Å². The van der Waals surface area contributed by atoms with Gasteiger partial charge in [-0.3, -0.25) is 9.59 Å². The number of rotatable bonds is 13.